The fourth-order valence-corrected chi connectivity index (χ4v) is 3.02. The molecule has 166 valence electrons. The first kappa shape index (κ1) is 21.8. The number of ether oxygens (including phenoxy) is 1. The van der Waals surface area contributed by atoms with E-state index in [9.17, 15) is 9.59 Å². The largest absolute Gasteiger partial charge is 0.484 e. The smallest absolute Gasteiger partial charge is 0.254 e. The fraction of sp³-hybridized carbons (Fsp3) is 0.120. The molecule has 0 aliphatic rings. The van der Waals surface area contributed by atoms with Gasteiger partial charge in [-0.1, -0.05) is 48.5 Å². The summed E-state index contributed by atoms with van der Waals surface area (Å²) in [5.41, 5.74) is 2.32. The summed E-state index contributed by atoms with van der Waals surface area (Å²) in [6.45, 7) is 0.0177. The molecule has 1 aromatic heterocycles. The van der Waals surface area contributed by atoms with Crippen LogP contribution in [0.5, 0.6) is 5.75 Å². The first-order valence-corrected chi connectivity index (χ1v) is 10.4. The van der Waals surface area contributed by atoms with E-state index in [2.05, 4.69) is 20.8 Å². The zero-order valence-corrected chi connectivity index (χ0v) is 17.7. The monoisotopic (exact) mass is 442 g/mol. The molecule has 0 saturated heterocycles. The van der Waals surface area contributed by atoms with Crippen molar-refractivity contribution in [3.8, 4) is 17.2 Å². The standard InChI is InChI=1S/C25H22N4O4/c30-22(15-18-7-3-1-4-8-18)26-16-23(31)27-20-11-13-21(14-12-20)32-17-24-28-29-25(33-24)19-9-5-2-6-10-19/h1-14H,15-17H2,(H,26,30)(H,27,31). The van der Waals surface area contributed by atoms with E-state index < -0.39 is 0 Å². The highest BCUT2D eigenvalue weighted by Gasteiger charge is 2.10. The minimum Gasteiger partial charge on any atom is -0.484 e. The van der Waals surface area contributed by atoms with Crippen molar-refractivity contribution in [3.63, 3.8) is 0 Å². The van der Waals surface area contributed by atoms with Crippen molar-refractivity contribution in [1.29, 1.82) is 0 Å². The van der Waals surface area contributed by atoms with Crippen LogP contribution in [-0.2, 0) is 22.6 Å². The van der Waals surface area contributed by atoms with Gasteiger partial charge in [-0.3, -0.25) is 9.59 Å². The molecule has 0 spiro atoms. The number of aromatic nitrogens is 2. The van der Waals surface area contributed by atoms with Gasteiger partial charge in [-0.15, -0.1) is 10.2 Å². The van der Waals surface area contributed by atoms with Crippen molar-refractivity contribution in [1.82, 2.24) is 15.5 Å². The SMILES string of the molecule is O=C(Cc1ccccc1)NCC(=O)Nc1ccc(OCc2nnc(-c3ccccc3)o2)cc1. The van der Waals surface area contributed by atoms with Crippen molar-refractivity contribution in [2.75, 3.05) is 11.9 Å². The van der Waals surface area contributed by atoms with Crippen molar-refractivity contribution in [3.05, 3.63) is 96.4 Å². The third-order valence-electron chi connectivity index (χ3n) is 4.64. The van der Waals surface area contributed by atoms with Gasteiger partial charge < -0.3 is 19.8 Å². The molecule has 8 nitrogen and oxygen atoms in total. The molecule has 3 aromatic carbocycles. The molecular formula is C25H22N4O4. The topological polar surface area (TPSA) is 106 Å². The Balaban J connectivity index is 1.21. The third-order valence-corrected chi connectivity index (χ3v) is 4.64. The average molecular weight is 442 g/mol. The van der Waals surface area contributed by atoms with Crippen molar-refractivity contribution < 1.29 is 18.7 Å². The van der Waals surface area contributed by atoms with Crippen LogP contribution in [0.15, 0.2) is 89.3 Å². The summed E-state index contributed by atoms with van der Waals surface area (Å²) in [7, 11) is 0. The third kappa shape index (κ3) is 6.51. The molecule has 33 heavy (non-hydrogen) atoms. The molecule has 8 heteroatoms. The number of carbonyl (C=O) groups excluding carboxylic acids is 2. The normalized spacial score (nSPS) is 10.4. The quantitative estimate of drug-likeness (QED) is 0.410. The molecule has 0 fully saturated rings. The second-order valence-electron chi connectivity index (χ2n) is 7.17. The first-order valence-electron chi connectivity index (χ1n) is 10.4. The van der Waals surface area contributed by atoms with Crippen LogP contribution in [-0.4, -0.2) is 28.6 Å². The Labute approximate surface area is 190 Å². The van der Waals surface area contributed by atoms with Crippen LogP contribution >= 0.6 is 0 Å². The first-order chi connectivity index (χ1) is 16.2. The Morgan fingerprint density at radius 3 is 2.24 bits per heavy atom. The summed E-state index contributed by atoms with van der Waals surface area (Å²) in [6.07, 6.45) is 0.229. The predicted molar refractivity (Wildman–Crippen MR) is 122 cm³/mol. The van der Waals surface area contributed by atoms with Gasteiger partial charge in [-0.05, 0) is 42.0 Å². The highest BCUT2D eigenvalue weighted by Crippen LogP contribution is 2.19. The van der Waals surface area contributed by atoms with Crippen LogP contribution in [0.25, 0.3) is 11.5 Å². The number of benzene rings is 3. The minimum absolute atomic E-state index is 0.106. The highest BCUT2D eigenvalue weighted by atomic mass is 16.5. The van der Waals surface area contributed by atoms with Crippen LogP contribution in [0.2, 0.25) is 0 Å². The maximum absolute atomic E-state index is 12.1. The van der Waals surface area contributed by atoms with Crippen LogP contribution < -0.4 is 15.4 Å². The van der Waals surface area contributed by atoms with E-state index in [0.717, 1.165) is 11.1 Å². The maximum Gasteiger partial charge on any atom is 0.254 e. The Kier molecular flexibility index (Phi) is 7.07. The predicted octanol–water partition coefficient (Wildman–Crippen LogP) is 3.61. The summed E-state index contributed by atoms with van der Waals surface area (Å²) in [5.74, 6) is 0.852. The van der Waals surface area contributed by atoms with Crippen molar-refractivity contribution >= 4 is 17.5 Å². The molecule has 1 heterocycles. The van der Waals surface area contributed by atoms with Gasteiger partial charge in [0.2, 0.25) is 17.7 Å². The van der Waals surface area contributed by atoms with Crippen LogP contribution in [0.4, 0.5) is 5.69 Å². The molecule has 4 rings (SSSR count). The fourth-order valence-electron chi connectivity index (χ4n) is 3.02. The van der Waals surface area contributed by atoms with E-state index >= 15 is 0 Å². The van der Waals surface area contributed by atoms with Gasteiger partial charge in [0.05, 0.1) is 13.0 Å². The van der Waals surface area contributed by atoms with Gasteiger partial charge >= 0.3 is 0 Å². The molecule has 0 aliphatic carbocycles. The number of hydrogen-bond donors (Lipinski definition) is 2. The van der Waals surface area contributed by atoms with E-state index in [4.69, 9.17) is 9.15 Å². The van der Waals surface area contributed by atoms with Crippen LogP contribution in [0.1, 0.15) is 11.5 Å². The lowest BCUT2D eigenvalue weighted by atomic mass is 10.1. The van der Waals surface area contributed by atoms with Gasteiger partial charge in [0.25, 0.3) is 5.89 Å². The van der Waals surface area contributed by atoms with E-state index in [-0.39, 0.29) is 31.4 Å². The zero-order valence-electron chi connectivity index (χ0n) is 17.7. The van der Waals surface area contributed by atoms with Gasteiger partial charge in [-0.2, -0.15) is 0 Å². The Morgan fingerprint density at radius 1 is 0.818 bits per heavy atom. The minimum atomic E-state index is -0.315. The molecular weight excluding hydrogens is 420 g/mol. The number of anilines is 1. The second-order valence-corrected chi connectivity index (χ2v) is 7.17. The van der Waals surface area contributed by atoms with Gasteiger partial charge in [0.1, 0.15) is 5.75 Å². The maximum atomic E-state index is 12.1. The summed E-state index contributed by atoms with van der Waals surface area (Å²) in [5, 5.41) is 13.4. The lowest BCUT2D eigenvalue weighted by Gasteiger charge is -2.08. The molecule has 0 unspecified atom stereocenters. The number of carbonyl (C=O) groups is 2. The molecule has 4 aromatic rings. The Bertz CT molecular complexity index is 1190. The molecule has 0 saturated carbocycles. The van der Waals surface area contributed by atoms with Gasteiger partial charge in [0, 0.05) is 11.3 Å². The van der Waals surface area contributed by atoms with Gasteiger partial charge in [-0.25, -0.2) is 0 Å². The Hall–Kier alpha value is -4.46. The highest BCUT2D eigenvalue weighted by molar-refractivity contribution is 5.94. The molecule has 0 aliphatic heterocycles. The Morgan fingerprint density at radius 2 is 1.52 bits per heavy atom. The molecule has 0 atom stereocenters. The second kappa shape index (κ2) is 10.7. The number of amides is 2. The van der Waals surface area contributed by atoms with Crippen LogP contribution in [0, 0.1) is 0 Å². The van der Waals surface area contributed by atoms with Crippen molar-refractivity contribution in [2.24, 2.45) is 0 Å². The summed E-state index contributed by atoms with van der Waals surface area (Å²) >= 11 is 0. The summed E-state index contributed by atoms with van der Waals surface area (Å²) < 4.78 is 11.3. The summed E-state index contributed by atoms with van der Waals surface area (Å²) in [6, 6.07) is 25.7. The molecule has 0 bridgehead atoms. The molecule has 2 amide bonds. The van der Waals surface area contributed by atoms with Crippen LogP contribution in [0.3, 0.4) is 0 Å². The van der Waals surface area contributed by atoms with E-state index in [1.54, 1.807) is 24.3 Å². The van der Waals surface area contributed by atoms with E-state index in [1.165, 1.54) is 0 Å². The van der Waals surface area contributed by atoms with Crippen molar-refractivity contribution in [2.45, 2.75) is 13.0 Å². The van der Waals surface area contributed by atoms with E-state index in [0.29, 0.717) is 23.2 Å². The van der Waals surface area contributed by atoms with Gasteiger partial charge in [0.15, 0.2) is 6.61 Å². The molecule has 2 N–H and O–H groups in total. The number of nitrogens with one attached hydrogen (secondary N) is 2. The molecule has 0 radical (unpaired) electrons. The lowest BCUT2D eigenvalue weighted by Crippen LogP contribution is -2.33. The van der Waals surface area contributed by atoms with E-state index in [1.807, 2.05) is 60.7 Å². The zero-order chi connectivity index (χ0) is 22.9. The average Bonchev–Trinajstić information content (AvgIpc) is 3.33. The summed E-state index contributed by atoms with van der Waals surface area (Å²) in [4.78, 5) is 24.1. The number of nitrogens with zero attached hydrogens (tertiary/aromatic N) is 2. The number of rotatable bonds is 9. The number of hydrogen-bond acceptors (Lipinski definition) is 6. The lowest BCUT2D eigenvalue weighted by molar-refractivity contribution is -0.123.